The van der Waals surface area contributed by atoms with E-state index in [-0.39, 0.29) is 5.56 Å². The molecule has 0 bridgehead atoms. The standard InChI is InChI=1S/C10H9NO4/c1-14-5-8-3-6-2-7(10(12)13)4-11-9(6)15-8/h2-4H,5H2,1H3,(H,12,13). The van der Waals surface area contributed by atoms with Crippen LogP contribution in [0.4, 0.5) is 0 Å². The second kappa shape index (κ2) is 3.70. The van der Waals surface area contributed by atoms with Gasteiger partial charge in [-0.3, -0.25) is 0 Å². The Kier molecular flexibility index (Phi) is 2.39. The van der Waals surface area contributed by atoms with Crippen molar-refractivity contribution in [3.8, 4) is 0 Å². The predicted octanol–water partition coefficient (Wildman–Crippen LogP) is 1.67. The Balaban J connectivity index is 2.47. The molecule has 5 nitrogen and oxygen atoms in total. The van der Waals surface area contributed by atoms with Crippen LogP contribution >= 0.6 is 0 Å². The summed E-state index contributed by atoms with van der Waals surface area (Å²) in [4.78, 5) is 14.6. The minimum absolute atomic E-state index is 0.146. The zero-order valence-electron chi connectivity index (χ0n) is 8.06. The lowest BCUT2D eigenvalue weighted by Gasteiger charge is -1.91. The summed E-state index contributed by atoms with van der Waals surface area (Å²) in [5.74, 6) is -0.374. The number of carboxylic acids is 1. The van der Waals surface area contributed by atoms with Crippen LogP contribution in [-0.4, -0.2) is 23.2 Å². The molecule has 0 saturated heterocycles. The SMILES string of the molecule is COCc1cc2cc(C(=O)O)cnc2o1. The zero-order chi connectivity index (χ0) is 10.8. The van der Waals surface area contributed by atoms with E-state index in [2.05, 4.69) is 4.98 Å². The summed E-state index contributed by atoms with van der Waals surface area (Å²) in [6.45, 7) is 0.346. The van der Waals surface area contributed by atoms with E-state index < -0.39 is 5.97 Å². The van der Waals surface area contributed by atoms with Gasteiger partial charge in [0.15, 0.2) is 0 Å². The van der Waals surface area contributed by atoms with Crippen LogP contribution in [0, 0.1) is 0 Å². The first-order valence-corrected chi connectivity index (χ1v) is 4.31. The Hall–Kier alpha value is -1.88. The van der Waals surface area contributed by atoms with Gasteiger partial charge in [-0.15, -0.1) is 0 Å². The van der Waals surface area contributed by atoms with Crippen molar-refractivity contribution >= 4 is 17.1 Å². The first-order chi connectivity index (χ1) is 7.20. The van der Waals surface area contributed by atoms with Crippen LogP contribution in [0.15, 0.2) is 22.7 Å². The number of carbonyl (C=O) groups is 1. The number of nitrogens with zero attached hydrogens (tertiary/aromatic N) is 1. The fraction of sp³-hybridized carbons (Fsp3) is 0.200. The second-order valence-electron chi connectivity index (χ2n) is 3.07. The number of aromatic nitrogens is 1. The Morgan fingerprint density at radius 1 is 1.60 bits per heavy atom. The van der Waals surface area contributed by atoms with E-state index in [0.29, 0.717) is 23.5 Å². The van der Waals surface area contributed by atoms with E-state index in [1.807, 2.05) is 0 Å². The molecule has 0 aromatic carbocycles. The number of ether oxygens (including phenoxy) is 1. The van der Waals surface area contributed by atoms with Crippen LogP contribution in [0.1, 0.15) is 16.1 Å². The lowest BCUT2D eigenvalue weighted by molar-refractivity contribution is 0.0696. The molecule has 0 atom stereocenters. The lowest BCUT2D eigenvalue weighted by atomic mass is 10.2. The maximum Gasteiger partial charge on any atom is 0.337 e. The molecule has 0 amide bonds. The van der Waals surface area contributed by atoms with Crippen molar-refractivity contribution in [3.05, 3.63) is 29.7 Å². The first-order valence-electron chi connectivity index (χ1n) is 4.31. The van der Waals surface area contributed by atoms with Gasteiger partial charge in [0.05, 0.1) is 5.56 Å². The number of methoxy groups -OCH3 is 1. The largest absolute Gasteiger partial charge is 0.478 e. The van der Waals surface area contributed by atoms with Crippen molar-refractivity contribution in [2.45, 2.75) is 6.61 Å². The summed E-state index contributed by atoms with van der Waals surface area (Å²) in [7, 11) is 1.56. The first kappa shape index (κ1) is 9.67. The van der Waals surface area contributed by atoms with Gasteiger partial charge < -0.3 is 14.3 Å². The van der Waals surface area contributed by atoms with Crippen molar-refractivity contribution in [2.75, 3.05) is 7.11 Å². The molecular formula is C10H9NO4. The summed E-state index contributed by atoms with van der Waals surface area (Å²) in [6.07, 6.45) is 1.27. The van der Waals surface area contributed by atoms with E-state index in [1.165, 1.54) is 12.3 Å². The third-order valence-electron chi connectivity index (χ3n) is 1.96. The number of hydrogen-bond donors (Lipinski definition) is 1. The Bertz CT molecular complexity index is 503. The molecule has 2 rings (SSSR count). The van der Waals surface area contributed by atoms with Crippen LogP contribution in [-0.2, 0) is 11.3 Å². The summed E-state index contributed by atoms with van der Waals surface area (Å²) in [5, 5.41) is 9.43. The summed E-state index contributed by atoms with van der Waals surface area (Å²) in [6, 6.07) is 3.24. The number of carboxylic acid groups (broad SMARTS) is 1. The highest BCUT2D eigenvalue weighted by Crippen LogP contribution is 2.18. The molecule has 0 aliphatic carbocycles. The smallest absolute Gasteiger partial charge is 0.337 e. The normalized spacial score (nSPS) is 10.7. The van der Waals surface area contributed by atoms with Gasteiger partial charge in [0.1, 0.15) is 12.4 Å². The number of furan rings is 1. The maximum absolute atomic E-state index is 10.7. The maximum atomic E-state index is 10.7. The van der Waals surface area contributed by atoms with Gasteiger partial charge in [-0.2, -0.15) is 0 Å². The molecule has 2 heterocycles. The third kappa shape index (κ3) is 1.82. The average Bonchev–Trinajstić information content (AvgIpc) is 2.59. The van der Waals surface area contributed by atoms with Crippen molar-refractivity contribution in [3.63, 3.8) is 0 Å². The highest BCUT2D eigenvalue weighted by Gasteiger charge is 2.08. The van der Waals surface area contributed by atoms with Gasteiger partial charge >= 0.3 is 5.97 Å². The number of pyridine rings is 1. The number of fused-ring (bicyclic) bond motifs is 1. The quantitative estimate of drug-likeness (QED) is 0.828. The monoisotopic (exact) mass is 207 g/mol. The fourth-order valence-electron chi connectivity index (χ4n) is 1.32. The predicted molar refractivity (Wildman–Crippen MR) is 51.7 cm³/mol. The van der Waals surface area contributed by atoms with Gasteiger partial charge in [-0.25, -0.2) is 9.78 Å². The topological polar surface area (TPSA) is 72.6 Å². The molecular weight excluding hydrogens is 198 g/mol. The molecule has 0 aliphatic heterocycles. The highest BCUT2D eigenvalue weighted by molar-refractivity contribution is 5.91. The van der Waals surface area contributed by atoms with Gasteiger partial charge in [0, 0.05) is 18.7 Å². The molecule has 2 aromatic heterocycles. The minimum Gasteiger partial charge on any atom is -0.478 e. The fourth-order valence-corrected chi connectivity index (χ4v) is 1.32. The summed E-state index contributed by atoms with van der Waals surface area (Å²) >= 11 is 0. The Morgan fingerprint density at radius 2 is 2.40 bits per heavy atom. The lowest BCUT2D eigenvalue weighted by Crippen LogP contribution is -1.95. The van der Waals surface area contributed by atoms with E-state index in [0.717, 1.165) is 0 Å². The van der Waals surface area contributed by atoms with Crippen LogP contribution in [0.25, 0.3) is 11.1 Å². The second-order valence-corrected chi connectivity index (χ2v) is 3.07. The zero-order valence-corrected chi connectivity index (χ0v) is 8.06. The molecule has 0 saturated carbocycles. The molecule has 78 valence electrons. The van der Waals surface area contributed by atoms with E-state index >= 15 is 0 Å². The molecule has 0 radical (unpaired) electrons. The average molecular weight is 207 g/mol. The summed E-state index contributed by atoms with van der Waals surface area (Å²) < 4.78 is 10.2. The molecule has 0 spiro atoms. The number of rotatable bonds is 3. The molecule has 0 fully saturated rings. The molecule has 5 heteroatoms. The minimum atomic E-state index is -1.00. The molecule has 0 aliphatic rings. The van der Waals surface area contributed by atoms with E-state index in [4.69, 9.17) is 14.3 Å². The Labute approximate surface area is 85.3 Å². The van der Waals surface area contributed by atoms with Gasteiger partial charge in [-0.1, -0.05) is 0 Å². The van der Waals surface area contributed by atoms with Crippen molar-refractivity contribution in [2.24, 2.45) is 0 Å². The van der Waals surface area contributed by atoms with E-state index in [1.54, 1.807) is 13.2 Å². The van der Waals surface area contributed by atoms with Crippen LogP contribution < -0.4 is 0 Å². The van der Waals surface area contributed by atoms with Crippen molar-refractivity contribution < 1.29 is 19.1 Å². The van der Waals surface area contributed by atoms with E-state index in [9.17, 15) is 4.79 Å². The molecule has 1 N–H and O–H groups in total. The molecule has 2 aromatic rings. The third-order valence-corrected chi connectivity index (χ3v) is 1.96. The summed E-state index contributed by atoms with van der Waals surface area (Å²) in [5.41, 5.74) is 0.569. The van der Waals surface area contributed by atoms with Gasteiger partial charge in [0.2, 0.25) is 5.71 Å². The van der Waals surface area contributed by atoms with Crippen molar-refractivity contribution in [1.29, 1.82) is 0 Å². The van der Waals surface area contributed by atoms with Crippen LogP contribution in [0.2, 0.25) is 0 Å². The molecule has 0 unspecified atom stereocenters. The van der Waals surface area contributed by atoms with Gasteiger partial charge in [0.25, 0.3) is 0 Å². The van der Waals surface area contributed by atoms with Gasteiger partial charge in [-0.05, 0) is 12.1 Å². The number of hydrogen-bond acceptors (Lipinski definition) is 4. The van der Waals surface area contributed by atoms with Crippen LogP contribution in [0.3, 0.4) is 0 Å². The highest BCUT2D eigenvalue weighted by atomic mass is 16.5. The van der Waals surface area contributed by atoms with Crippen molar-refractivity contribution in [1.82, 2.24) is 4.98 Å². The van der Waals surface area contributed by atoms with Crippen LogP contribution in [0.5, 0.6) is 0 Å². The molecule has 15 heavy (non-hydrogen) atoms. The Morgan fingerprint density at radius 3 is 3.07 bits per heavy atom. The number of aromatic carboxylic acids is 1.